The molecule has 13 heavy (non-hydrogen) atoms. The van der Waals surface area contributed by atoms with Gasteiger partial charge in [0, 0.05) is 0 Å². The molecule has 0 spiro atoms. The van der Waals surface area contributed by atoms with Crippen LogP contribution in [0.1, 0.15) is 11.3 Å². The first kappa shape index (κ1) is 10.2. The van der Waals surface area contributed by atoms with Crippen molar-refractivity contribution in [1.29, 1.82) is 0 Å². The van der Waals surface area contributed by atoms with Crippen molar-refractivity contribution < 1.29 is 17.6 Å². The number of hydrogen-bond donors (Lipinski definition) is 0. The highest BCUT2D eigenvalue weighted by Gasteiger charge is 2.35. The van der Waals surface area contributed by atoms with E-state index in [-0.39, 0.29) is 10.7 Å². The van der Waals surface area contributed by atoms with Crippen LogP contribution in [-0.2, 0) is 6.18 Å². The van der Waals surface area contributed by atoms with Crippen LogP contribution in [0.3, 0.4) is 0 Å². The largest absolute Gasteiger partial charge is 0.420 e. The molecule has 72 valence electrons. The van der Waals surface area contributed by atoms with Gasteiger partial charge in [0.05, 0.1) is 10.7 Å². The third kappa shape index (κ3) is 2.09. The Morgan fingerprint density at radius 2 is 1.92 bits per heavy atom. The van der Waals surface area contributed by atoms with E-state index in [0.717, 1.165) is 0 Å². The molecule has 0 aliphatic rings. The van der Waals surface area contributed by atoms with Crippen molar-refractivity contribution in [2.75, 3.05) is 0 Å². The Labute approximate surface area is 76.3 Å². The van der Waals surface area contributed by atoms with E-state index in [1.807, 2.05) is 0 Å². The van der Waals surface area contributed by atoms with E-state index < -0.39 is 17.7 Å². The van der Waals surface area contributed by atoms with Crippen LogP contribution in [0.4, 0.5) is 17.6 Å². The monoisotopic (exact) mass is 213 g/mol. The van der Waals surface area contributed by atoms with Gasteiger partial charge in [-0.1, -0.05) is 11.6 Å². The summed E-state index contributed by atoms with van der Waals surface area (Å²) in [6, 6.07) is 0.527. The van der Waals surface area contributed by atoms with Crippen LogP contribution < -0.4 is 0 Å². The van der Waals surface area contributed by atoms with Crippen LogP contribution in [0.15, 0.2) is 6.07 Å². The molecule has 0 radical (unpaired) electrons. The van der Waals surface area contributed by atoms with Gasteiger partial charge in [0.1, 0.15) is 5.56 Å². The molecule has 0 atom stereocenters. The molecule has 0 amide bonds. The predicted octanol–water partition coefficient (Wildman–Crippen LogP) is 3.20. The van der Waals surface area contributed by atoms with Gasteiger partial charge in [-0.15, -0.1) is 0 Å². The molecule has 0 N–H and O–H groups in total. The first-order valence-electron chi connectivity index (χ1n) is 3.22. The number of aryl methyl sites for hydroxylation is 1. The fraction of sp³-hybridized carbons (Fsp3) is 0.286. The van der Waals surface area contributed by atoms with Crippen molar-refractivity contribution in [3.8, 4) is 0 Å². The molecule has 0 saturated carbocycles. The molecule has 6 heteroatoms. The number of alkyl halides is 3. The standard InChI is InChI=1S/C7H4ClF4N/c1-3-5(8)2-4(6(9)13-3)7(10,11)12/h2H,1H3. The van der Waals surface area contributed by atoms with E-state index in [9.17, 15) is 17.6 Å². The Kier molecular flexibility index (Phi) is 2.47. The second-order valence-electron chi connectivity index (χ2n) is 2.39. The second kappa shape index (κ2) is 3.14. The van der Waals surface area contributed by atoms with Gasteiger partial charge in [-0.3, -0.25) is 0 Å². The average Bonchev–Trinajstić information content (AvgIpc) is 1.94. The summed E-state index contributed by atoms with van der Waals surface area (Å²) in [7, 11) is 0. The molecular weight excluding hydrogens is 210 g/mol. The minimum Gasteiger partial charge on any atom is -0.223 e. The number of hydrogen-bond acceptors (Lipinski definition) is 1. The number of pyridine rings is 1. The first-order chi connectivity index (χ1) is 5.82. The highest BCUT2D eigenvalue weighted by atomic mass is 35.5. The van der Waals surface area contributed by atoms with Gasteiger partial charge in [-0.2, -0.15) is 17.6 Å². The lowest BCUT2D eigenvalue weighted by Crippen LogP contribution is -2.10. The highest BCUT2D eigenvalue weighted by molar-refractivity contribution is 6.31. The fourth-order valence-corrected chi connectivity index (χ4v) is 0.902. The zero-order valence-electron chi connectivity index (χ0n) is 6.41. The summed E-state index contributed by atoms with van der Waals surface area (Å²) < 4.78 is 48.7. The zero-order valence-corrected chi connectivity index (χ0v) is 7.17. The molecule has 0 unspecified atom stereocenters. The Morgan fingerprint density at radius 1 is 1.38 bits per heavy atom. The van der Waals surface area contributed by atoms with Gasteiger partial charge in [0.25, 0.3) is 0 Å². The van der Waals surface area contributed by atoms with Gasteiger partial charge in [0.2, 0.25) is 5.95 Å². The molecular formula is C7H4ClF4N. The summed E-state index contributed by atoms with van der Waals surface area (Å²) in [6.07, 6.45) is -4.76. The maximum Gasteiger partial charge on any atom is 0.420 e. The number of aromatic nitrogens is 1. The molecule has 0 aliphatic carbocycles. The number of rotatable bonds is 0. The Hall–Kier alpha value is -0.840. The third-order valence-electron chi connectivity index (χ3n) is 1.41. The van der Waals surface area contributed by atoms with E-state index in [4.69, 9.17) is 11.6 Å². The van der Waals surface area contributed by atoms with Crippen molar-refractivity contribution in [1.82, 2.24) is 4.98 Å². The normalized spacial score (nSPS) is 11.8. The Bertz CT molecular complexity index is 334. The lowest BCUT2D eigenvalue weighted by molar-refractivity contribution is -0.140. The molecule has 0 bridgehead atoms. The summed E-state index contributed by atoms with van der Waals surface area (Å²) in [5.41, 5.74) is -1.41. The van der Waals surface area contributed by atoms with Crippen LogP contribution in [0.25, 0.3) is 0 Å². The van der Waals surface area contributed by atoms with Gasteiger partial charge >= 0.3 is 6.18 Å². The van der Waals surface area contributed by atoms with E-state index in [1.54, 1.807) is 0 Å². The number of halogens is 5. The molecule has 1 nitrogen and oxygen atoms in total. The lowest BCUT2D eigenvalue weighted by Gasteiger charge is -2.08. The van der Waals surface area contributed by atoms with Gasteiger partial charge < -0.3 is 0 Å². The summed E-state index contributed by atoms with van der Waals surface area (Å²) in [5, 5.41) is -0.200. The molecule has 0 saturated heterocycles. The summed E-state index contributed by atoms with van der Waals surface area (Å²) in [4.78, 5) is 3.02. The lowest BCUT2D eigenvalue weighted by atomic mass is 10.2. The Balaban J connectivity index is 3.32. The van der Waals surface area contributed by atoms with E-state index >= 15 is 0 Å². The first-order valence-corrected chi connectivity index (χ1v) is 3.60. The molecule has 1 aromatic heterocycles. The van der Waals surface area contributed by atoms with Gasteiger partial charge in [0.15, 0.2) is 0 Å². The van der Waals surface area contributed by atoms with Crippen LogP contribution in [-0.4, -0.2) is 4.98 Å². The smallest absolute Gasteiger partial charge is 0.223 e. The summed E-state index contributed by atoms with van der Waals surface area (Å²) >= 11 is 5.36. The maximum atomic E-state index is 12.6. The Morgan fingerprint density at radius 3 is 2.38 bits per heavy atom. The molecule has 0 fully saturated rings. The van der Waals surface area contributed by atoms with Crippen molar-refractivity contribution in [2.45, 2.75) is 13.1 Å². The molecule has 1 rings (SSSR count). The maximum absolute atomic E-state index is 12.6. The molecule has 1 aromatic rings. The quantitative estimate of drug-likeness (QED) is 0.476. The zero-order chi connectivity index (χ0) is 10.2. The van der Waals surface area contributed by atoms with Crippen LogP contribution >= 0.6 is 11.6 Å². The highest BCUT2D eigenvalue weighted by Crippen LogP contribution is 2.32. The van der Waals surface area contributed by atoms with Crippen LogP contribution in [0.5, 0.6) is 0 Å². The van der Waals surface area contributed by atoms with E-state index in [1.165, 1.54) is 6.92 Å². The minimum atomic E-state index is -4.76. The molecule has 1 heterocycles. The predicted molar refractivity (Wildman–Crippen MR) is 38.9 cm³/mol. The van der Waals surface area contributed by atoms with Crippen molar-refractivity contribution in [3.63, 3.8) is 0 Å². The minimum absolute atomic E-state index is 0.0344. The summed E-state index contributed by atoms with van der Waals surface area (Å²) in [5.74, 6) is -1.55. The van der Waals surface area contributed by atoms with Crippen molar-refractivity contribution in [2.24, 2.45) is 0 Å². The number of nitrogens with zero attached hydrogens (tertiary/aromatic N) is 1. The SMILES string of the molecule is Cc1nc(F)c(C(F)(F)F)cc1Cl. The molecule has 0 aliphatic heterocycles. The average molecular weight is 214 g/mol. The third-order valence-corrected chi connectivity index (χ3v) is 1.79. The fourth-order valence-electron chi connectivity index (χ4n) is 0.750. The van der Waals surface area contributed by atoms with Crippen LogP contribution in [0.2, 0.25) is 5.02 Å². The van der Waals surface area contributed by atoms with Crippen LogP contribution in [0, 0.1) is 12.9 Å². The van der Waals surface area contributed by atoms with E-state index in [2.05, 4.69) is 4.98 Å². The van der Waals surface area contributed by atoms with Crippen molar-refractivity contribution >= 4 is 11.6 Å². The van der Waals surface area contributed by atoms with Gasteiger partial charge in [-0.25, -0.2) is 4.98 Å². The molecule has 0 aromatic carbocycles. The summed E-state index contributed by atoms with van der Waals surface area (Å²) in [6.45, 7) is 1.32. The second-order valence-corrected chi connectivity index (χ2v) is 2.80. The van der Waals surface area contributed by atoms with Crippen molar-refractivity contribution in [3.05, 3.63) is 28.3 Å². The topological polar surface area (TPSA) is 12.9 Å². The van der Waals surface area contributed by atoms with E-state index in [0.29, 0.717) is 6.07 Å². The van der Waals surface area contributed by atoms with Gasteiger partial charge in [-0.05, 0) is 13.0 Å².